The summed E-state index contributed by atoms with van der Waals surface area (Å²) >= 11 is 9.48. The molecule has 1 aliphatic heterocycles. The Morgan fingerprint density at radius 3 is 2.70 bits per heavy atom. The lowest BCUT2D eigenvalue weighted by atomic mass is 10.1. The molecule has 0 unspecified atom stereocenters. The zero-order chi connectivity index (χ0) is 19.6. The topological polar surface area (TPSA) is 58.6 Å². The van der Waals surface area contributed by atoms with Gasteiger partial charge in [0.05, 0.1) is 17.5 Å². The first-order valence-electron chi connectivity index (χ1n) is 8.68. The van der Waals surface area contributed by atoms with Gasteiger partial charge in [-0.25, -0.2) is 0 Å². The standard InChI is InChI=1S/C20H20BrClN2O3/c1-3-27-15-6-4-14(5-7-15)24-11-13(9-19(24)25)20(26)23-18-10-17(22)16(21)8-12(18)2/h4-8,10,13H,3,9,11H2,1-2H3,(H,23,26)/t13-/m0/s1. The monoisotopic (exact) mass is 450 g/mol. The summed E-state index contributed by atoms with van der Waals surface area (Å²) in [5.74, 6) is 0.0961. The maximum absolute atomic E-state index is 12.7. The van der Waals surface area contributed by atoms with E-state index in [9.17, 15) is 9.59 Å². The SMILES string of the molecule is CCOc1ccc(N2C[C@@H](C(=O)Nc3cc(Cl)c(Br)cc3C)CC2=O)cc1. The fourth-order valence-electron chi connectivity index (χ4n) is 3.04. The van der Waals surface area contributed by atoms with Crippen molar-refractivity contribution >= 4 is 50.7 Å². The first-order valence-corrected chi connectivity index (χ1v) is 9.86. The normalized spacial score (nSPS) is 16.5. The van der Waals surface area contributed by atoms with Crippen LogP contribution in [0.1, 0.15) is 18.9 Å². The van der Waals surface area contributed by atoms with E-state index in [1.165, 1.54) is 0 Å². The molecular weight excluding hydrogens is 432 g/mol. The van der Waals surface area contributed by atoms with E-state index in [-0.39, 0.29) is 18.2 Å². The summed E-state index contributed by atoms with van der Waals surface area (Å²) in [6.07, 6.45) is 0.183. The van der Waals surface area contributed by atoms with Gasteiger partial charge in [-0.2, -0.15) is 0 Å². The van der Waals surface area contributed by atoms with Gasteiger partial charge < -0.3 is 15.0 Å². The van der Waals surface area contributed by atoms with E-state index in [2.05, 4.69) is 21.2 Å². The molecule has 27 heavy (non-hydrogen) atoms. The molecule has 0 aliphatic carbocycles. The molecule has 2 amide bonds. The number of hydrogen-bond acceptors (Lipinski definition) is 3. The molecule has 1 saturated heterocycles. The lowest BCUT2D eigenvalue weighted by molar-refractivity contribution is -0.122. The van der Waals surface area contributed by atoms with Crippen LogP contribution < -0.4 is 15.0 Å². The van der Waals surface area contributed by atoms with Gasteiger partial charge in [0.15, 0.2) is 0 Å². The molecule has 0 saturated carbocycles. The molecule has 2 aromatic carbocycles. The Morgan fingerprint density at radius 2 is 2.04 bits per heavy atom. The number of aryl methyl sites for hydroxylation is 1. The van der Waals surface area contributed by atoms with Crippen molar-refractivity contribution in [2.45, 2.75) is 20.3 Å². The molecule has 0 aromatic heterocycles. The first kappa shape index (κ1) is 19.7. The highest BCUT2D eigenvalue weighted by atomic mass is 79.9. The molecule has 7 heteroatoms. The second-order valence-electron chi connectivity index (χ2n) is 6.40. The average molecular weight is 452 g/mol. The molecule has 1 heterocycles. The van der Waals surface area contributed by atoms with Gasteiger partial charge in [-0.05, 0) is 71.7 Å². The van der Waals surface area contributed by atoms with Crippen LogP contribution in [0.25, 0.3) is 0 Å². The van der Waals surface area contributed by atoms with E-state index in [1.807, 2.05) is 44.2 Å². The average Bonchev–Trinajstić information content (AvgIpc) is 3.02. The van der Waals surface area contributed by atoms with Crippen molar-refractivity contribution in [3.05, 3.63) is 51.5 Å². The number of carbonyl (C=O) groups is 2. The molecule has 1 atom stereocenters. The van der Waals surface area contributed by atoms with Gasteiger partial charge in [0, 0.05) is 28.8 Å². The lowest BCUT2D eigenvalue weighted by Crippen LogP contribution is -2.28. The van der Waals surface area contributed by atoms with Crippen LogP contribution >= 0.6 is 27.5 Å². The number of ether oxygens (including phenoxy) is 1. The number of halogens is 2. The predicted octanol–water partition coefficient (Wildman–Crippen LogP) is 4.80. The second kappa shape index (κ2) is 8.31. The third-order valence-corrected chi connectivity index (χ3v) is 5.68. The van der Waals surface area contributed by atoms with Crippen LogP contribution in [-0.4, -0.2) is 25.0 Å². The zero-order valence-electron chi connectivity index (χ0n) is 15.1. The lowest BCUT2D eigenvalue weighted by Gasteiger charge is -2.17. The fourth-order valence-corrected chi connectivity index (χ4v) is 3.66. The van der Waals surface area contributed by atoms with E-state index in [1.54, 1.807) is 11.0 Å². The van der Waals surface area contributed by atoms with Gasteiger partial charge in [0.25, 0.3) is 0 Å². The minimum atomic E-state index is -0.411. The van der Waals surface area contributed by atoms with Crippen molar-refractivity contribution < 1.29 is 14.3 Å². The van der Waals surface area contributed by atoms with Gasteiger partial charge >= 0.3 is 0 Å². The third kappa shape index (κ3) is 4.45. The highest BCUT2D eigenvalue weighted by molar-refractivity contribution is 9.10. The Balaban J connectivity index is 1.69. The Hall–Kier alpha value is -2.05. The first-order chi connectivity index (χ1) is 12.9. The number of anilines is 2. The molecule has 0 spiro atoms. The van der Waals surface area contributed by atoms with Gasteiger partial charge in [-0.15, -0.1) is 0 Å². The Labute approximate surface area is 171 Å². The van der Waals surface area contributed by atoms with Gasteiger partial charge in [0.1, 0.15) is 5.75 Å². The number of hydrogen-bond donors (Lipinski definition) is 1. The fraction of sp³-hybridized carbons (Fsp3) is 0.300. The van der Waals surface area contributed by atoms with Crippen LogP contribution in [0.15, 0.2) is 40.9 Å². The van der Waals surface area contributed by atoms with E-state index in [0.29, 0.717) is 23.9 Å². The maximum atomic E-state index is 12.7. The largest absolute Gasteiger partial charge is 0.494 e. The Kier molecular flexibility index (Phi) is 6.07. The quantitative estimate of drug-likeness (QED) is 0.710. The molecule has 142 valence electrons. The smallest absolute Gasteiger partial charge is 0.229 e. The van der Waals surface area contributed by atoms with Crippen LogP contribution in [-0.2, 0) is 9.59 Å². The summed E-state index contributed by atoms with van der Waals surface area (Å²) in [5.41, 5.74) is 2.31. The highest BCUT2D eigenvalue weighted by Crippen LogP contribution is 2.31. The van der Waals surface area contributed by atoms with Crippen molar-refractivity contribution in [2.24, 2.45) is 5.92 Å². The van der Waals surface area contributed by atoms with E-state index in [4.69, 9.17) is 16.3 Å². The Bertz CT molecular complexity index is 870. The molecule has 0 bridgehead atoms. The molecule has 2 aromatic rings. The molecule has 5 nitrogen and oxygen atoms in total. The van der Waals surface area contributed by atoms with Crippen LogP contribution in [0, 0.1) is 12.8 Å². The van der Waals surface area contributed by atoms with E-state index in [0.717, 1.165) is 21.5 Å². The number of benzene rings is 2. The third-order valence-electron chi connectivity index (χ3n) is 4.48. The Morgan fingerprint density at radius 1 is 1.33 bits per heavy atom. The van der Waals surface area contributed by atoms with Crippen LogP contribution in [0.5, 0.6) is 5.75 Å². The van der Waals surface area contributed by atoms with Crippen molar-refractivity contribution in [3.63, 3.8) is 0 Å². The molecule has 1 N–H and O–H groups in total. The molecule has 1 fully saturated rings. The van der Waals surface area contributed by atoms with E-state index < -0.39 is 5.92 Å². The van der Waals surface area contributed by atoms with Crippen molar-refractivity contribution in [1.82, 2.24) is 0 Å². The summed E-state index contributed by atoms with van der Waals surface area (Å²) in [6.45, 7) is 4.75. The summed E-state index contributed by atoms with van der Waals surface area (Å²) in [5, 5.41) is 3.42. The summed E-state index contributed by atoms with van der Waals surface area (Å²) in [6, 6.07) is 10.9. The number of nitrogens with one attached hydrogen (secondary N) is 1. The number of rotatable bonds is 5. The molecule has 0 radical (unpaired) electrons. The number of amides is 2. The molecular formula is C20H20BrClN2O3. The summed E-state index contributed by atoms with van der Waals surface area (Å²) in [4.78, 5) is 26.7. The van der Waals surface area contributed by atoms with Crippen LogP contribution in [0.3, 0.4) is 0 Å². The summed E-state index contributed by atoms with van der Waals surface area (Å²) in [7, 11) is 0. The predicted molar refractivity (Wildman–Crippen MR) is 111 cm³/mol. The molecule has 3 rings (SSSR count). The number of nitrogens with zero attached hydrogens (tertiary/aromatic N) is 1. The van der Waals surface area contributed by atoms with Gasteiger partial charge in [0.2, 0.25) is 11.8 Å². The minimum Gasteiger partial charge on any atom is -0.494 e. The van der Waals surface area contributed by atoms with Crippen molar-refractivity contribution in [2.75, 3.05) is 23.4 Å². The van der Waals surface area contributed by atoms with Crippen LogP contribution in [0.2, 0.25) is 5.02 Å². The molecule has 1 aliphatic rings. The van der Waals surface area contributed by atoms with Crippen molar-refractivity contribution in [3.8, 4) is 5.75 Å². The maximum Gasteiger partial charge on any atom is 0.229 e. The van der Waals surface area contributed by atoms with Crippen LogP contribution in [0.4, 0.5) is 11.4 Å². The van der Waals surface area contributed by atoms with Crippen molar-refractivity contribution in [1.29, 1.82) is 0 Å². The van der Waals surface area contributed by atoms with E-state index >= 15 is 0 Å². The highest BCUT2D eigenvalue weighted by Gasteiger charge is 2.35. The van der Waals surface area contributed by atoms with Gasteiger partial charge in [-0.1, -0.05) is 11.6 Å². The zero-order valence-corrected chi connectivity index (χ0v) is 17.4. The number of carbonyl (C=O) groups excluding carboxylic acids is 2. The second-order valence-corrected chi connectivity index (χ2v) is 7.66. The van der Waals surface area contributed by atoms with Gasteiger partial charge in [-0.3, -0.25) is 9.59 Å². The minimum absolute atomic E-state index is 0.0649. The summed E-state index contributed by atoms with van der Waals surface area (Å²) < 4.78 is 6.20.